The van der Waals surface area contributed by atoms with E-state index in [1.807, 2.05) is 24.3 Å². The Balaban J connectivity index is 1.40. The Morgan fingerprint density at radius 3 is 2.30 bits per heavy atom. The summed E-state index contributed by atoms with van der Waals surface area (Å²) in [5.74, 6) is 2.15. The van der Waals surface area contributed by atoms with E-state index in [-0.39, 0.29) is 0 Å². The smallest absolute Gasteiger partial charge is 0.282 e. The second kappa shape index (κ2) is 7.75. The first-order valence-corrected chi connectivity index (χ1v) is 10.5. The Kier molecular flexibility index (Phi) is 5.19. The van der Waals surface area contributed by atoms with Crippen LogP contribution in [0.2, 0.25) is 0 Å². The third-order valence-corrected chi connectivity index (χ3v) is 6.89. The highest BCUT2D eigenvalue weighted by atomic mass is 32.2. The third-order valence-electron chi connectivity index (χ3n) is 4.85. The van der Waals surface area contributed by atoms with Gasteiger partial charge in [-0.25, -0.2) is 15.0 Å². The molecule has 2 aromatic rings. The SMILES string of the molecule is O=S(=O)(N1CCCC1)N1CCN(c2cc(Nc3ccccn3)ncn2)CC1. The number of nitrogens with one attached hydrogen (secondary N) is 1. The van der Waals surface area contributed by atoms with Gasteiger partial charge >= 0.3 is 0 Å². The van der Waals surface area contributed by atoms with Crippen molar-refractivity contribution < 1.29 is 8.42 Å². The van der Waals surface area contributed by atoms with Gasteiger partial charge < -0.3 is 10.2 Å². The number of nitrogens with zero attached hydrogens (tertiary/aromatic N) is 6. The number of anilines is 3. The Labute approximate surface area is 159 Å². The summed E-state index contributed by atoms with van der Waals surface area (Å²) >= 11 is 0. The molecule has 0 amide bonds. The van der Waals surface area contributed by atoms with Crippen molar-refractivity contribution in [2.75, 3.05) is 49.5 Å². The summed E-state index contributed by atoms with van der Waals surface area (Å²) in [6.07, 6.45) is 5.12. The Hall–Kier alpha value is -2.30. The van der Waals surface area contributed by atoms with Gasteiger partial charge in [-0.1, -0.05) is 6.07 Å². The molecule has 9 nitrogen and oxygen atoms in total. The van der Waals surface area contributed by atoms with Crippen molar-refractivity contribution in [2.24, 2.45) is 0 Å². The van der Waals surface area contributed by atoms with Crippen molar-refractivity contribution in [1.29, 1.82) is 0 Å². The minimum Gasteiger partial charge on any atom is -0.354 e. The molecule has 10 heteroatoms. The lowest BCUT2D eigenvalue weighted by molar-refractivity contribution is 0.343. The molecule has 2 aliphatic heterocycles. The predicted octanol–water partition coefficient (Wildman–Crippen LogP) is 1.08. The summed E-state index contributed by atoms with van der Waals surface area (Å²) in [5.41, 5.74) is 0. The van der Waals surface area contributed by atoms with Gasteiger partial charge in [0.15, 0.2) is 0 Å². The molecule has 0 aromatic carbocycles. The minimum absolute atomic E-state index is 0.464. The van der Waals surface area contributed by atoms with Crippen LogP contribution >= 0.6 is 0 Å². The van der Waals surface area contributed by atoms with Crippen molar-refractivity contribution >= 4 is 27.7 Å². The monoisotopic (exact) mass is 389 g/mol. The summed E-state index contributed by atoms with van der Waals surface area (Å²) < 4.78 is 28.5. The maximum atomic E-state index is 12.7. The van der Waals surface area contributed by atoms with Gasteiger partial charge in [-0.15, -0.1) is 0 Å². The van der Waals surface area contributed by atoms with Crippen LogP contribution in [-0.4, -0.2) is 71.2 Å². The highest BCUT2D eigenvalue weighted by molar-refractivity contribution is 7.86. The average Bonchev–Trinajstić information content (AvgIpc) is 3.25. The van der Waals surface area contributed by atoms with Gasteiger partial charge in [0.05, 0.1) is 0 Å². The maximum absolute atomic E-state index is 12.7. The van der Waals surface area contributed by atoms with E-state index in [1.165, 1.54) is 6.33 Å². The van der Waals surface area contributed by atoms with Crippen LogP contribution in [0.25, 0.3) is 0 Å². The molecular weight excluding hydrogens is 366 g/mol. The second-order valence-electron chi connectivity index (χ2n) is 6.60. The molecule has 2 aromatic heterocycles. The molecule has 0 radical (unpaired) electrons. The van der Waals surface area contributed by atoms with Crippen molar-refractivity contribution in [1.82, 2.24) is 23.6 Å². The molecule has 4 rings (SSSR count). The summed E-state index contributed by atoms with van der Waals surface area (Å²) in [4.78, 5) is 14.9. The molecule has 0 saturated carbocycles. The van der Waals surface area contributed by atoms with Gasteiger partial charge in [-0.2, -0.15) is 17.0 Å². The van der Waals surface area contributed by atoms with Crippen LogP contribution in [-0.2, 0) is 10.2 Å². The number of hydrogen-bond acceptors (Lipinski definition) is 7. The summed E-state index contributed by atoms with van der Waals surface area (Å²) in [6.45, 7) is 3.41. The van der Waals surface area contributed by atoms with Crippen LogP contribution < -0.4 is 10.2 Å². The van der Waals surface area contributed by atoms with E-state index in [1.54, 1.807) is 14.8 Å². The van der Waals surface area contributed by atoms with Crippen molar-refractivity contribution in [3.8, 4) is 0 Å². The molecule has 4 heterocycles. The number of rotatable bonds is 5. The highest BCUT2D eigenvalue weighted by Crippen LogP contribution is 2.22. The van der Waals surface area contributed by atoms with Crippen LogP contribution in [0.5, 0.6) is 0 Å². The van der Waals surface area contributed by atoms with Crippen molar-refractivity contribution in [3.63, 3.8) is 0 Å². The fourth-order valence-corrected chi connectivity index (χ4v) is 5.06. The lowest BCUT2D eigenvalue weighted by Gasteiger charge is -2.36. The number of piperazine rings is 1. The lowest BCUT2D eigenvalue weighted by Crippen LogP contribution is -2.52. The van der Waals surface area contributed by atoms with Crippen LogP contribution in [0, 0.1) is 0 Å². The molecule has 2 fully saturated rings. The normalized spacial score (nSPS) is 19.3. The zero-order valence-electron chi connectivity index (χ0n) is 15.0. The lowest BCUT2D eigenvalue weighted by atomic mass is 10.3. The first-order valence-electron chi connectivity index (χ1n) is 9.13. The van der Waals surface area contributed by atoms with Crippen LogP contribution in [0.1, 0.15) is 12.8 Å². The quantitative estimate of drug-likeness (QED) is 0.817. The molecule has 2 aliphatic rings. The fourth-order valence-electron chi connectivity index (χ4n) is 3.39. The molecule has 0 bridgehead atoms. The largest absolute Gasteiger partial charge is 0.354 e. The number of pyridine rings is 1. The minimum atomic E-state index is -3.33. The van der Waals surface area contributed by atoms with E-state index < -0.39 is 10.2 Å². The van der Waals surface area contributed by atoms with Gasteiger partial charge in [-0.05, 0) is 25.0 Å². The molecule has 27 heavy (non-hydrogen) atoms. The molecule has 0 unspecified atom stereocenters. The second-order valence-corrected chi connectivity index (χ2v) is 8.53. The molecule has 0 spiro atoms. The predicted molar refractivity (Wildman–Crippen MR) is 103 cm³/mol. The highest BCUT2D eigenvalue weighted by Gasteiger charge is 2.33. The van der Waals surface area contributed by atoms with E-state index in [0.29, 0.717) is 50.9 Å². The van der Waals surface area contributed by atoms with Crippen LogP contribution in [0.3, 0.4) is 0 Å². The van der Waals surface area contributed by atoms with Crippen LogP contribution in [0.15, 0.2) is 36.8 Å². The van der Waals surface area contributed by atoms with Crippen molar-refractivity contribution in [3.05, 3.63) is 36.8 Å². The van der Waals surface area contributed by atoms with Gasteiger partial charge in [0.2, 0.25) is 0 Å². The molecule has 2 saturated heterocycles. The summed E-state index contributed by atoms with van der Waals surface area (Å²) in [5, 5.41) is 3.15. The van der Waals surface area contributed by atoms with Crippen LogP contribution in [0.4, 0.5) is 17.5 Å². The van der Waals surface area contributed by atoms with E-state index in [9.17, 15) is 8.42 Å². The summed E-state index contributed by atoms with van der Waals surface area (Å²) in [6, 6.07) is 7.48. The average molecular weight is 389 g/mol. The topological polar surface area (TPSA) is 94.6 Å². The zero-order valence-corrected chi connectivity index (χ0v) is 15.8. The van der Waals surface area contributed by atoms with Gasteiger partial charge in [0, 0.05) is 51.5 Å². The molecular formula is C17H23N7O2S. The Morgan fingerprint density at radius 2 is 1.59 bits per heavy atom. The van der Waals surface area contributed by atoms with Gasteiger partial charge in [-0.3, -0.25) is 0 Å². The first-order chi connectivity index (χ1) is 13.1. The van der Waals surface area contributed by atoms with E-state index in [0.717, 1.165) is 18.7 Å². The van der Waals surface area contributed by atoms with Gasteiger partial charge in [0.1, 0.15) is 23.8 Å². The van der Waals surface area contributed by atoms with E-state index in [4.69, 9.17) is 0 Å². The fraction of sp³-hybridized carbons (Fsp3) is 0.471. The molecule has 0 aliphatic carbocycles. The number of hydrogen-bond donors (Lipinski definition) is 1. The van der Waals surface area contributed by atoms with E-state index >= 15 is 0 Å². The molecule has 1 N–H and O–H groups in total. The first kappa shape index (κ1) is 18.1. The standard InChI is InChI=1S/C17H23N7O2S/c25-27(26,23-7-3-4-8-23)24-11-9-22(10-12-24)17-13-16(19-14-20-17)21-15-5-1-2-6-18-15/h1-2,5-6,13-14H,3-4,7-12H2,(H,18,19,20,21). The molecule has 0 atom stereocenters. The van der Waals surface area contributed by atoms with Crippen molar-refractivity contribution in [2.45, 2.75) is 12.8 Å². The molecule has 144 valence electrons. The van der Waals surface area contributed by atoms with E-state index in [2.05, 4.69) is 25.2 Å². The Bertz CT molecular complexity index is 864. The maximum Gasteiger partial charge on any atom is 0.282 e. The summed E-state index contributed by atoms with van der Waals surface area (Å²) in [7, 11) is -3.33. The number of aromatic nitrogens is 3. The zero-order chi connectivity index (χ0) is 18.7. The third kappa shape index (κ3) is 4.02. The van der Waals surface area contributed by atoms with Gasteiger partial charge in [0.25, 0.3) is 10.2 Å². The Morgan fingerprint density at radius 1 is 0.852 bits per heavy atom.